The van der Waals surface area contributed by atoms with Gasteiger partial charge >= 0.3 is 0 Å². The molecule has 4 saturated carbocycles. The number of aromatic nitrogens is 1. The molecule has 4 aliphatic rings. The van der Waals surface area contributed by atoms with Gasteiger partial charge in [0.2, 0.25) is 0 Å². The first-order valence-corrected chi connectivity index (χ1v) is 24.8. The van der Waals surface area contributed by atoms with Gasteiger partial charge in [-0.1, -0.05) is 115 Å². The van der Waals surface area contributed by atoms with Gasteiger partial charge in [0.05, 0.1) is 21.4 Å². The standard InChI is InChI=1S/C62H49N3S/c1-3-17-47(18-4-1)63(52-28-29-54-53-24-9-10-26-57(53)65(59(54)39-52)48-19-5-2-6-20-48)50-22-12-23-51(38-50)64(49-21-11-16-44(35-49)61-45-31-40-30-41(33-45)34-46(61)32-40)58-27-13-25-55-56-36-42-14-7-8-15-43(42)37-60(56)66-62(55)58/h1-29,35-41,45-46,61H,30-34H2. The third-order valence-electron chi connectivity index (χ3n) is 15.6. The van der Waals surface area contributed by atoms with Gasteiger partial charge in [0.1, 0.15) is 0 Å². The molecule has 0 atom stereocenters. The Morgan fingerprint density at radius 3 is 1.77 bits per heavy atom. The highest BCUT2D eigenvalue weighted by Crippen LogP contribution is 2.60. The Morgan fingerprint density at radius 1 is 0.394 bits per heavy atom. The number of hydrogen-bond acceptors (Lipinski definition) is 3. The van der Waals surface area contributed by atoms with E-state index in [1.54, 1.807) is 0 Å². The van der Waals surface area contributed by atoms with Gasteiger partial charge in [0.15, 0.2) is 0 Å². The van der Waals surface area contributed by atoms with E-state index in [1.165, 1.54) is 102 Å². The molecule has 0 radical (unpaired) electrons. The summed E-state index contributed by atoms with van der Waals surface area (Å²) < 4.78 is 5.05. The van der Waals surface area contributed by atoms with Crippen LogP contribution < -0.4 is 9.80 Å². The largest absolute Gasteiger partial charge is 0.310 e. The van der Waals surface area contributed by atoms with Gasteiger partial charge in [-0.25, -0.2) is 0 Å². The summed E-state index contributed by atoms with van der Waals surface area (Å²) in [4.78, 5) is 5.00. The van der Waals surface area contributed by atoms with E-state index < -0.39 is 0 Å². The summed E-state index contributed by atoms with van der Waals surface area (Å²) in [6.45, 7) is 0. The molecular formula is C62H49N3S. The topological polar surface area (TPSA) is 11.4 Å². The molecule has 0 saturated heterocycles. The molecule has 9 aromatic carbocycles. The molecule has 0 aliphatic heterocycles. The molecule has 2 aromatic heterocycles. The Labute approximate surface area is 389 Å². The van der Waals surface area contributed by atoms with Crippen LogP contribution in [0, 0.1) is 23.7 Å². The lowest BCUT2D eigenvalue weighted by molar-refractivity contribution is -0.00276. The summed E-state index contributed by atoms with van der Waals surface area (Å²) >= 11 is 1.92. The second-order valence-electron chi connectivity index (χ2n) is 19.4. The maximum atomic E-state index is 2.57. The molecule has 0 amide bonds. The van der Waals surface area contributed by atoms with Gasteiger partial charge in [-0.2, -0.15) is 0 Å². The van der Waals surface area contributed by atoms with Crippen LogP contribution in [0.15, 0.2) is 206 Å². The fraction of sp³-hybridized carbons (Fsp3) is 0.161. The van der Waals surface area contributed by atoms with Crippen LogP contribution in [-0.2, 0) is 0 Å². The van der Waals surface area contributed by atoms with E-state index in [4.69, 9.17) is 0 Å². The minimum atomic E-state index is 0.647. The number of benzene rings is 9. The van der Waals surface area contributed by atoms with E-state index in [0.717, 1.165) is 52.1 Å². The third kappa shape index (κ3) is 6.15. The first-order valence-electron chi connectivity index (χ1n) is 24.0. The molecule has 318 valence electrons. The molecule has 15 rings (SSSR count). The summed E-state index contributed by atoms with van der Waals surface area (Å²) in [6, 6.07) is 77.0. The van der Waals surface area contributed by atoms with Crippen molar-refractivity contribution in [3.63, 3.8) is 0 Å². The molecule has 4 bridgehead atoms. The smallest absolute Gasteiger partial charge is 0.0640 e. The summed E-state index contributed by atoms with van der Waals surface area (Å²) in [5, 5.41) is 7.70. The lowest BCUT2D eigenvalue weighted by Gasteiger charge is -2.54. The van der Waals surface area contributed by atoms with Gasteiger partial charge in [0, 0.05) is 60.4 Å². The second kappa shape index (κ2) is 15.2. The van der Waals surface area contributed by atoms with Crippen LogP contribution >= 0.6 is 11.3 Å². The van der Waals surface area contributed by atoms with Crippen molar-refractivity contribution in [1.29, 1.82) is 0 Å². The van der Waals surface area contributed by atoms with E-state index in [0.29, 0.717) is 5.92 Å². The van der Waals surface area contributed by atoms with Crippen molar-refractivity contribution in [2.75, 3.05) is 9.80 Å². The number of nitrogens with zero attached hydrogens (tertiary/aromatic N) is 3. The van der Waals surface area contributed by atoms with Crippen molar-refractivity contribution < 1.29 is 0 Å². The maximum absolute atomic E-state index is 2.57. The lowest BCUT2D eigenvalue weighted by Crippen LogP contribution is -2.43. The molecule has 4 fully saturated rings. The highest BCUT2D eigenvalue weighted by atomic mass is 32.1. The summed E-state index contributed by atoms with van der Waals surface area (Å²) in [6.07, 6.45) is 7.13. The zero-order valence-corrected chi connectivity index (χ0v) is 37.6. The van der Waals surface area contributed by atoms with E-state index in [-0.39, 0.29) is 0 Å². The number of rotatable bonds is 8. The first kappa shape index (κ1) is 38.2. The predicted octanol–water partition coefficient (Wildman–Crippen LogP) is 17.8. The van der Waals surface area contributed by atoms with Gasteiger partial charge in [-0.3, -0.25) is 0 Å². The Balaban J connectivity index is 0.963. The Hall–Kier alpha value is -7.14. The predicted molar refractivity (Wildman–Crippen MR) is 280 cm³/mol. The summed E-state index contributed by atoms with van der Waals surface area (Å²) in [7, 11) is 0. The Bertz CT molecular complexity index is 3610. The molecule has 0 N–H and O–H groups in total. The molecule has 11 aromatic rings. The van der Waals surface area contributed by atoms with Crippen molar-refractivity contribution in [2.24, 2.45) is 23.7 Å². The average molecular weight is 868 g/mol. The molecular weight excluding hydrogens is 819 g/mol. The van der Waals surface area contributed by atoms with Gasteiger partial charge in [0.25, 0.3) is 0 Å². The van der Waals surface area contributed by atoms with Gasteiger partial charge < -0.3 is 14.4 Å². The number of thiophene rings is 1. The third-order valence-corrected chi connectivity index (χ3v) is 16.8. The average Bonchev–Trinajstić information content (AvgIpc) is 3.89. The highest BCUT2D eigenvalue weighted by Gasteiger charge is 2.48. The second-order valence-corrected chi connectivity index (χ2v) is 20.5. The van der Waals surface area contributed by atoms with Crippen LogP contribution in [0.4, 0.5) is 34.1 Å². The van der Waals surface area contributed by atoms with E-state index in [1.807, 2.05) is 11.3 Å². The highest BCUT2D eigenvalue weighted by molar-refractivity contribution is 7.26. The zero-order valence-electron chi connectivity index (χ0n) is 36.8. The fourth-order valence-corrected chi connectivity index (χ4v) is 14.4. The van der Waals surface area contributed by atoms with Gasteiger partial charge in [-0.15, -0.1) is 11.3 Å². The fourth-order valence-electron chi connectivity index (χ4n) is 13.2. The van der Waals surface area contributed by atoms with Crippen molar-refractivity contribution in [3.8, 4) is 5.69 Å². The zero-order chi connectivity index (χ0) is 43.3. The van der Waals surface area contributed by atoms with Crippen LogP contribution in [0.3, 0.4) is 0 Å². The van der Waals surface area contributed by atoms with Crippen molar-refractivity contribution in [2.45, 2.75) is 38.0 Å². The lowest BCUT2D eigenvalue weighted by atomic mass is 9.51. The summed E-state index contributed by atoms with van der Waals surface area (Å²) in [5.41, 5.74) is 12.0. The molecule has 2 heterocycles. The Kier molecular flexibility index (Phi) is 8.80. The van der Waals surface area contributed by atoms with E-state index >= 15 is 0 Å². The molecule has 4 aliphatic carbocycles. The van der Waals surface area contributed by atoms with E-state index in [9.17, 15) is 0 Å². The number of fused-ring (bicyclic) bond motifs is 7. The van der Waals surface area contributed by atoms with Crippen LogP contribution in [-0.4, -0.2) is 4.57 Å². The molecule has 3 nitrogen and oxygen atoms in total. The Morgan fingerprint density at radius 2 is 0.985 bits per heavy atom. The number of hydrogen-bond donors (Lipinski definition) is 0. The molecule has 4 heteroatoms. The summed E-state index contributed by atoms with van der Waals surface area (Å²) in [5.74, 6) is 4.16. The molecule has 0 spiro atoms. The first-order chi connectivity index (χ1) is 32.7. The van der Waals surface area contributed by atoms with Crippen LogP contribution in [0.25, 0.3) is 58.4 Å². The maximum Gasteiger partial charge on any atom is 0.0640 e. The van der Waals surface area contributed by atoms with E-state index in [2.05, 4.69) is 221 Å². The number of para-hydroxylation sites is 3. The SMILES string of the molecule is c1ccc(N(c2cccc(N(c3cccc(C4C5CC6CC(C5)CC4C6)c3)c3cccc4c3sc3cc5ccccc5cc34)c2)c2ccc3c4ccccc4n(-c4ccccc4)c3c2)cc1. The van der Waals surface area contributed by atoms with Crippen molar-refractivity contribution >= 4 is 98.2 Å². The minimum absolute atomic E-state index is 0.647. The molecule has 0 unspecified atom stereocenters. The van der Waals surface area contributed by atoms with Crippen molar-refractivity contribution in [3.05, 3.63) is 212 Å². The van der Waals surface area contributed by atoms with Crippen molar-refractivity contribution in [1.82, 2.24) is 4.57 Å². The normalized spacial score (nSPS) is 20.0. The monoisotopic (exact) mass is 867 g/mol. The van der Waals surface area contributed by atoms with Crippen LogP contribution in [0.1, 0.15) is 43.6 Å². The van der Waals surface area contributed by atoms with Gasteiger partial charge in [-0.05, 0) is 169 Å². The number of anilines is 6. The quantitative estimate of drug-likeness (QED) is 0.151. The van der Waals surface area contributed by atoms with Crippen LogP contribution in [0.2, 0.25) is 0 Å². The minimum Gasteiger partial charge on any atom is -0.310 e. The molecule has 66 heavy (non-hydrogen) atoms. The van der Waals surface area contributed by atoms with Crippen LogP contribution in [0.5, 0.6) is 0 Å².